The number of aromatic nitrogens is 4. The molecule has 0 atom stereocenters. The Morgan fingerprint density at radius 1 is 1.55 bits per heavy atom. The molecule has 106 valence electrons. The zero-order chi connectivity index (χ0) is 14.1. The third kappa shape index (κ3) is 2.71. The molecule has 7 heteroatoms. The van der Waals surface area contributed by atoms with Crippen molar-refractivity contribution in [1.82, 2.24) is 25.2 Å². The van der Waals surface area contributed by atoms with Gasteiger partial charge in [-0.1, -0.05) is 5.16 Å². The predicted molar refractivity (Wildman–Crippen MR) is 70.1 cm³/mol. The molecular formula is C13H17N5O2. The molecule has 2 aromatic rings. The van der Waals surface area contributed by atoms with E-state index in [4.69, 9.17) is 4.52 Å². The van der Waals surface area contributed by atoms with E-state index in [9.17, 15) is 4.79 Å². The first kappa shape index (κ1) is 12.8. The van der Waals surface area contributed by atoms with Crippen LogP contribution in [0.4, 0.5) is 0 Å². The van der Waals surface area contributed by atoms with Gasteiger partial charge in [0.1, 0.15) is 5.69 Å². The first-order valence-electron chi connectivity index (χ1n) is 6.79. The molecule has 3 rings (SSSR count). The fraction of sp³-hybridized carbons (Fsp3) is 0.538. The second-order valence-corrected chi connectivity index (χ2v) is 5.28. The van der Waals surface area contributed by atoms with Gasteiger partial charge in [-0.25, -0.2) is 0 Å². The van der Waals surface area contributed by atoms with E-state index in [1.807, 2.05) is 13.8 Å². The Labute approximate surface area is 116 Å². The normalized spacial score (nSPS) is 14.8. The Balaban J connectivity index is 1.57. The summed E-state index contributed by atoms with van der Waals surface area (Å²) in [5.74, 6) is 1.39. The van der Waals surface area contributed by atoms with Crippen molar-refractivity contribution in [3.8, 4) is 0 Å². The highest BCUT2D eigenvalue weighted by Crippen LogP contribution is 2.37. The molecule has 1 fully saturated rings. The van der Waals surface area contributed by atoms with Gasteiger partial charge in [-0.05, 0) is 32.8 Å². The molecule has 1 N–H and O–H groups in total. The van der Waals surface area contributed by atoms with Gasteiger partial charge in [-0.15, -0.1) is 0 Å². The highest BCUT2D eigenvalue weighted by Gasteiger charge is 2.28. The van der Waals surface area contributed by atoms with Gasteiger partial charge in [0.05, 0.1) is 6.54 Å². The molecule has 0 aromatic carbocycles. The third-order valence-corrected chi connectivity index (χ3v) is 3.20. The molecule has 20 heavy (non-hydrogen) atoms. The van der Waals surface area contributed by atoms with Gasteiger partial charge < -0.3 is 9.84 Å². The standard InChI is InChI=1S/C13H17N5O2/c1-8(2)18-6-5-10(16-18)13(19)14-7-11-15-12(17-20-11)9-3-4-9/h5-6,8-9H,3-4,7H2,1-2H3,(H,14,19). The van der Waals surface area contributed by atoms with E-state index in [2.05, 4.69) is 20.6 Å². The van der Waals surface area contributed by atoms with E-state index in [0.717, 1.165) is 18.7 Å². The molecule has 0 radical (unpaired) electrons. The molecule has 7 nitrogen and oxygen atoms in total. The molecule has 2 aromatic heterocycles. The summed E-state index contributed by atoms with van der Waals surface area (Å²) in [6, 6.07) is 1.92. The van der Waals surface area contributed by atoms with Crippen molar-refractivity contribution >= 4 is 5.91 Å². The van der Waals surface area contributed by atoms with Crippen LogP contribution in [-0.2, 0) is 6.54 Å². The van der Waals surface area contributed by atoms with Crippen LogP contribution in [0.25, 0.3) is 0 Å². The summed E-state index contributed by atoms with van der Waals surface area (Å²) in [6.07, 6.45) is 4.04. The van der Waals surface area contributed by atoms with Crippen LogP contribution in [0.3, 0.4) is 0 Å². The van der Waals surface area contributed by atoms with Gasteiger partial charge in [0.15, 0.2) is 5.82 Å². The molecule has 1 aliphatic rings. The summed E-state index contributed by atoms with van der Waals surface area (Å²) >= 11 is 0. The minimum absolute atomic E-state index is 0.229. The van der Waals surface area contributed by atoms with Crippen molar-refractivity contribution in [2.45, 2.75) is 45.2 Å². The lowest BCUT2D eigenvalue weighted by atomic mass is 10.4. The lowest BCUT2D eigenvalue weighted by Crippen LogP contribution is -2.23. The van der Waals surface area contributed by atoms with Gasteiger partial charge >= 0.3 is 0 Å². The Hall–Kier alpha value is -2.18. The number of nitrogens with one attached hydrogen (secondary N) is 1. The third-order valence-electron chi connectivity index (χ3n) is 3.20. The summed E-state index contributed by atoms with van der Waals surface area (Å²) in [6.45, 7) is 4.24. The maximum atomic E-state index is 11.9. The molecule has 0 spiro atoms. The number of nitrogens with zero attached hydrogens (tertiary/aromatic N) is 4. The largest absolute Gasteiger partial charge is 0.342 e. The van der Waals surface area contributed by atoms with E-state index >= 15 is 0 Å². The van der Waals surface area contributed by atoms with Crippen molar-refractivity contribution in [3.05, 3.63) is 29.7 Å². The quantitative estimate of drug-likeness (QED) is 0.896. The van der Waals surface area contributed by atoms with Crippen LogP contribution in [0.15, 0.2) is 16.8 Å². The molecule has 1 saturated carbocycles. The highest BCUT2D eigenvalue weighted by molar-refractivity contribution is 5.91. The minimum Gasteiger partial charge on any atom is -0.342 e. The lowest BCUT2D eigenvalue weighted by Gasteiger charge is -2.03. The number of hydrogen-bond donors (Lipinski definition) is 1. The average Bonchev–Trinajstić information content (AvgIpc) is 2.98. The first-order valence-corrected chi connectivity index (χ1v) is 6.79. The average molecular weight is 275 g/mol. The van der Waals surface area contributed by atoms with Crippen LogP contribution in [0, 0.1) is 0 Å². The van der Waals surface area contributed by atoms with Crippen molar-refractivity contribution in [3.63, 3.8) is 0 Å². The smallest absolute Gasteiger partial charge is 0.272 e. The zero-order valence-electron chi connectivity index (χ0n) is 11.5. The van der Waals surface area contributed by atoms with Gasteiger partial charge in [0, 0.05) is 18.2 Å². The molecule has 0 aliphatic heterocycles. The lowest BCUT2D eigenvalue weighted by molar-refractivity contribution is 0.0940. The van der Waals surface area contributed by atoms with Crippen LogP contribution in [-0.4, -0.2) is 25.8 Å². The van der Waals surface area contributed by atoms with Crippen LogP contribution in [0.2, 0.25) is 0 Å². The van der Waals surface area contributed by atoms with Crippen LogP contribution in [0.1, 0.15) is 60.9 Å². The Morgan fingerprint density at radius 3 is 3.00 bits per heavy atom. The fourth-order valence-corrected chi connectivity index (χ4v) is 1.84. The molecule has 1 amide bonds. The summed E-state index contributed by atoms with van der Waals surface area (Å²) < 4.78 is 6.84. The van der Waals surface area contributed by atoms with Crippen LogP contribution in [0.5, 0.6) is 0 Å². The maximum absolute atomic E-state index is 11.9. The molecule has 1 aliphatic carbocycles. The van der Waals surface area contributed by atoms with Gasteiger partial charge in [0.2, 0.25) is 5.89 Å². The summed E-state index contributed by atoms with van der Waals surface area (Å²) in [4.78, 5) is 16.2. The Bertz CT molecular complexity index is 612. The topological polar surface area (TPSA) is 85.8 Å². The maximum Gasteiger partial charge on any atom is 0.272 e. The van der Waals surface area contributed by atoms with E-state index < -0.39 is 0 Å². The van der Waals surface area contributed by atoms with Crippen molar-refractivity contribution in [1.29, 1.82) is 0 Å². The SMILES string of the molecule is CC(C)n1ccc(C(=O)NCc2nc(C3CC3)no2)n1. The van der Waals surface area contributed by atoms with Gasteiger partial charge in [-0.2, -0.15) is 10.1 Å². The monoisotopic (exact) mass is 275 g/mol. The minimum atomic E-state index is -0.240. The van der Waals surface area contributed by atoms with E-state index in [1.165, 1.54) is 0 Å². The Morgan fingerprint density at radius 2 is 2.35 bits per heavy atom. The van der Waals surface area contributed by atoms with Crippen LogP contribution >= 0.6 is 0 Å². The second-order valence-electron chi connectivity index (χ2n) is 5.28. The van der Waals surface area contributed by atoms with Gasteiger partial charge in [0.25, 0.3) is 5.91 Å². The zero-order valence-corrected chi connectivity index (χ0v) is 11.5. The highest BCUT2D eigenvalue weighted by atomic mass is 16.5. The molecule has 0 saturated heterocycles. The number of hydrogen-bond acceptors (Lipinski definition) is 5. The predicted octanol–water partition coefficient (Wildman–Crippen LogP) is 1.65. The summed E-state index contributed by atoms with van der Waals surface area (Å²) in [5, 5.41) is 10.8. The van der Waals surface area contributed by atoms with Crippen molar-refractivity contribution < 1.29 is 9.32 Å². The van der Waals surface area contributed by atoms with Crippen LogP contribution < -0.4 is 5.32 Å². The molecule has 0 bridgehead atoms. The summed E-state index contributed by atoms with van der Waals surface area (Å²) in [7, 11) is 0. The first-order chi connectivity index (χ1) is 9.63. The Kier molecular flexibility index (Phi) is 3.25. The number of rotatable bonds is 5. The molecular weight excluding hydrogens is 258 g/mol. The van der Waals surface area contributed by atoms with Gasteiger partial charge in [-0.3, -0.25) is 9.48 Å². The van der Waals surface area contributed by atoms with E-state index in [1.54, 1.807) is 16.9 Å². The number of amides is 1. The van der Waals surface area contributed by atoms with Crippen molar-refractivity contribution in [2.75, 3.05) is 0 Å². The van der Waals surface area contributed by atoms with E-state index in [0.29, 0.717) is 17.5 Å². The van der Waals surface area contributed by atoms with Crippen molar-refractivity contribution in [2.24, 2.45) is 0 Å². The number of carbonyl (C=O) groups excluding carboxylic acids is 1. The van der Waals surface area contributed by atoms with E-state index in [-0.39, 0.29) is 18.5 Å². The summed E-state index contributed by atoms with van der Waals surface area (Å²) in [5.41, 5.74) is 0.389. The molecule has 2 heterocycles. The molecule has 0 unspecified atom stereocenters. The fourth-order valence-electron chi connectivity index (χ4n) is 1.84. The number of carbonyl (C=O) groups is 1. The second kappa shape index (κ2) is 5.07.